The van der Waals surface area contributed by atoms with Gasteiger partial charge in [0, 0.05) is 11.5 Å². The summed E-state index contributed by atoms with van der Waals surface area (Å²) < 4.78 is 0. The lowest BCUT2D eigenvalue weighted by Crippen LogP contribution is -2.72. The Bertz CT molecular complexity index is 1250. The standard InChI is InChI=1S/C20H18ClN3O10/c1-3-4-2-5-13(25)16(28)9(19(23)31)18(30)20(5,32)17(29)7(4)14(26)8-6(3)12(24(33)34)10(21)11(22)15(8)27/h3-5,7,9,13,25,27,32H,2,22H2,1H3,(H2,23,31)/t3-,4-,5+,7?,9?,13-,20+/m1/s1. The highest BCUT2D eigenvalue weighted by Crippen LogP contribution is 2.57. The third-order valence-corrected chi connectivity index (χ3v) is 7.68. The van der Waals surface area contributed by atoms with Crippen LogP contribution < -0.4 is 11.5 Å². The lowest BCUT2D eigenvalue weighted by Gasteiger charge is -2.51. The molecule has 7 N–H and O–H groups in total. The SMILES string of the molecule is C[C@H]1c2c(c(O)c(N)c(Cl)c2[N+](=O)[O-])C(=O)C2C(=O)[C@]3(O)C(=O)C(C(N)=O)C(=O)[C@H](O)[C@@H]3C[C@@H]21. The van der Waals surface area contributed by atoms with E-state index in [0.717, 1.165) is 0 Å². The molecule has 0 aliphatic heterocycles. The van der Waals surface area contributed by atoms with Gasteiger partial charge in [0.1, 0.15) is 16.8 Å². The average Bonchev–Trinajstić information content (AvgIpc) is 2.75. The number of ketones is 4. The number of phenols is 1. The van der Waals surface area contributed by atoms with E-state index in [0.29, 0.717) is 0 Å². The number of aliphatic hydroxyl groups excluding tert-OH is 1. The Balaban J connectivity index is 1.96. The van der Waals surface area contributed by atoms with Crippen LogP contribution in [0.15, 0.2) is 0 Å². The van der Waals surface area contributed by atoms with E-state index < -0.39 is 109 Å². The fourth-order valence-electron chi connectivity index (χ4n) is 5.64. The number of rotatable bonds is 2. The number of nitrogens with zero attached hydrogens (tertiary/aromatic N) is 1. The van der Waals surface area contributed by atoms with E-state index in [-0.39, 0.29) is 5.56 Å². The maximum Gasteiger partial charge on any atom is 0.294 e. The second kappa shape index (κ2) is 7.29. The molecule has 180 valence electrons. The van der Waals surface area contributed by atoms with Gasteiger partial charge in [-0.3, -0.25) is 34.1 Å². The van der Waals surface area contributed by atoms with Crippen molar-refractivity contribution in [2.24, 2.45) is 29.4 Å². The first-order chi connectivity index (χ1) is 15.7. The number of fused-ring (bicyclic) bond motifs is 3. The molecule has 2 saturated carbocycles. The minimum Gasteiger partial charge on any atom is -0.505 e. The minimum atomic E-state index is -3.10. The summed E-state index contributed by atoms with van der Waals surface area (Å²) in [6.45, 7) is 1.39. The first-order valence-corrected chi connectivity index (χ1v) is 10.4. The van der Waals surface area contributed by atoms with Crippen LogP contribution in [0.2, 0.25) is 5.02 Å². The van der Waals surface area contributed by atoms with Crippen LogP contribution in [0.3, 0.4) is 0 Å². The number of benzene rings is 1. The molecular weight excluding hydrogens is 478 g/mol. The molecule has 1 aromatic carbocycles. The van der Waals surface area contributed by atoms with Crippen molar-refractivity contribution in [3.63, 3.8) is 0 Å². The maximum atomic E-state index is 13.5. The summed E-state index contributed by atoms with van der Waals surface area (Å²) in [6, 6.07) is 0. The van der Waals surface area contributed by atoms with E-state index in [1.165, 1.54) is 6.92 Å². The Morgan fingerprint density at radius 1 is 1.24 bits per heavy atom. The van der Waals surface area contributed by atoms with Crippen LogP contribution in [0.5, 0.6) is 5.75 Å². The fraction of sp³-hybridized carbons (Fsp3) is 0.450. The number of phenolic OH excluding ortho intramolecular Hbond substituents is 1. The van der Waals surface area contributed by atoms with Gasteiger partial charge in [-0.2, -0.15) is 0 Å². The van der Waals surface area contributed by atoms with Gasteiger partial charge in [0.15, 0.2) is 40.4 Å². The van der Waals surface area contributed by atoms with E-state index in [1.54, 1.807) is 0 Å². The molecule has 13 nitrogen and oxygen atoms in total. The lowest BCUT2D eigenvalue weighted by atomic mass is 9.51. The van der Waals surface area contributed by atoms with E-state index in [4.69, 9.17) is 23.1 Å². The highest BCUT2D eigenvalue weighted by Gasteiger charge is 2.70. The minimum absolute atomic E-state index is 0.302. The zero-order valence-corrected chi connectivity index (χ0v) is 18.1. The second-order valence-corrected chi connectivity index (χ2v) is 9.16. The third kappa shape index (κ3) is 2.65. The Kier molecular flexibility index (Phi) is 5.09. The second-order valence-electron chi connectivity index (χ2n) is 8.78. The number of primary amides is 1. The van der Waals surface area contributed by atoms with Crippen molar-refractivity contribution < 1.29 is 44.2 Å². The number of amides is 1. The molecule has 0 heterocycles. The molecular formula is C20H18ClN3O10. The van der Waals surface area contributed by atoms with Gasteiger partial charge in [-0.25, -0.2) is 0 Å². The van der Waals surface area contributed by atoms with Gasteiger partial charge < -0.3 is 26.8 Å². The number of aromatic hydroxyl groups is 1. The number of carbonyl (C=O) groups is 5. The van der Waals surface area contributed by atoms with Gasteiger partial charge in [-0.15, -0.1) is 0 Å². The number of hydrogen-bond donors (Lipinski definition) is 5. The molecule has 2 unspecified atom stereocenters. The van der Waals surface area contributed by atoms with Gasteiger partial charge in [0.25, 0.3) is 5.69 Å². The van der Waals surface area contributed by atoms with Crippen LogP contribution in [0.1, 0.15) is 35.2 Å². The molecule has 34 heavy (non-hydrogen) atoms. The van der Waals surface area contributed by atoms with Crippen molar-refractivity contribution in [2.45, 2.75) is 31.0 Å². The van der Waals surface area contributed by atoms with E-state index in [1.807, 2.05) is 0 Å². The van der Waals surface area contributed by atoms with Crippen molar-refractivity contribution in [1.82, 2.24) is 0 Å². The number of nitrogen functional groups attached to an aromatic ring is 1. The summed E-state index contributed by atoms with van der Waals surface area (Å²) >= 11 is 5.97. The number of Topliss-reactive ketones (excluding diaryl/α,β-unsaturated/α-hetero) is 4. The monoisotopic (exact) mass is 495 g/mol. The largest absolute Gasteiger partial charge is 0.505 e. The number of nitrogens with two attached hydrogens (primary N) is 2. The molecule has 0 bridgehead atoms. The Morgan fingerprint density at radius 3 is 2.35 bits per heavy atom. The molecule has 4 rings (SSSR count). The number of nitro benzene ring substituents is 1. The highest BCUT2D eigenvalue weighted by molar-refractivity contribution is 6.37. The van der Waals surface area contributed by atoms with Crippen molar-refractivity contribution in [1.29, 1.82) is 0 Å². The molecule has 1 amide bonds. The van der Waals surface area contributed by atoms with Gasteiger partial charge in [-0.1, -0.05) is 18.5 Å². The quantitative estimate of drug-likeness (QED) is 0.109. The summed E-state index contributed by atoms with van der Waals surface area (Å²) in [5.41, 5.74) is 5.24. The zero-order chi connectivity index (χ0) is 25.6. The van der Waals surface area contributed by atoms with Crippen LogP contribution >= 0.6 is 11.6 Å². The fourth-order valence-corrected chi connectivity index (χ4v) is 5.90. The molecule has 14 heteroatoms. The van der Waals surface area contributed by atoms with Crippen molar-refractivity contribution in [3.05, 3.63) is 26.3 Å². The van der Waals surface area contributed by atoms with Crippen molar-refractivity contribution in [2.75, 3.05) is 5.73 Å². The number of anilines is 1. The number of hydrogen-bond acceptors (Lipinski definition) is 11. The smallest absolute Gasteiger partial charge is 0.294 e. The summed E-state index contributed by atoms with van der Waals surface area (Å²) in [5.74, 6) is -15.8. The lowest BCUT2D eigenvalue weighted by molar-refractivity contribution is -0.385. The number of aliphatic hydroxyl groups is 2. The number of carbonyl (C=O) groups excluding carboxylic acids is 5. The molecule has 7 atom stereocenters. The normalized spacial score (nSPS) is 34.8. The van der Waals surface area contributed by atoms with Crippen LogP contribution in [0.4, 0.5) is 11.4 Å². The predicted octanol–water partition coefficient (Wildman–Crippen LogP) is -0.997. The van der Waals surface area contributed by atoms with E-state index in [2.05, 4.69) is 0 Å². The molecule has 0 radical (unpaired) electrons. The van der Waals surface area contributed by atoms with Gasteiger partial charge >= 0.3 is 0 Å². The summed E-state index contributed by atoms with van der Waals surface area (Å²) in [5, 5.41) is 43.3. The molecule has 0 spiro atoms. The van der Waals surface area contributed by atoms with Crippen LogP contribution in [0.25, 0.3) is 0 Å². The topological polar surface area (TPSA) is 241 Å². The summed E-state index contributed by atoms with van der Waals surface area (Å²) in [6.07, 6.45) is -2.62. The molecule has 1 aromatic rings. The Labute approximate surface area is 194 Å². The van der Waals surface area contributed by atoms with Gasteiger partial charge in [0.05, 0.1) is 16.4 Å². The first-order valence-electron chi connectivity index (χ1n) is 10.0. The van der Waals surface area contributed by atoms with Crippen LogP contribution in [-0.4, -0.2) is 61.0 Å². The number of halogens is 1. The zero-order valence-electron chi connectivity index (χ0n) is 17.4. The third-order valence-electron chi connectivity index (χ3n) is 7.30. The molecule has 0 aromatic heterocycles. The van der Waals surface area contributed by atoms with Gasteiger partial charge in [-0.05, 0) is 18.3 Å². The van der Waals surface area contributed by atoms with E-state index >= 15 is 0 Å². The highest BCUT2D eigenvalue weighted by atomic mass is 35.5. The van der Waals surface area contributed by atoms with Crippen LogP contribution in [-0.2, 0) is 19.2 Å². The average molecular weight is 496 g/mol. The molecule has 2 fully saturated rings. The molecule has 0 saturated heterocycles. The van der Waals surface area contributed by atoms with Crippen molar-refractivity contribution in [3.8, 4) is 5.75 Å². The van der Waals surface area contributed by atoms with Crippen molar-refractivity contribution >= 4 is 52.0 Å². The first kappa shape index (κ1) is 23.7. The Hall–Kier alpha value is -3.42. The molecule has 3 aliphatic rings. The maximum absolute atomic E-state index is 13.5. The summed E-state index contributed by atoms with van der Waals surface area (Å²) in [4.78, 5) is 74.7. The molecule has 3 aliphatic carbocycles. The van der Waals surface area contributed by atoms with Gasteiger partial charge in [0.2, 0.25) is 5.91 Å². The number of nitro groups is 1. The Morgan fingerprint density at radius 2 is 1.82 bits per heavy atom. The predicted molar refractivity (Wildman–Crippen MR) is 111 cm³/mol. The summed E-state index contributed by atoms with van der Waals surface area (Å²) in [7, 11) is 0. The van der Waals surface area contributed by atoms with Crippen LogP contribution in [0, 0.1) is 33.8 Å². The van der Waals surface area contributed by atoms with E-state index in [9.17, 15) is 49.4 Å².